The van der Waals surface area contributed by atoms with E-state index in [0.717, 1.165) is 23.6 Å². The molecule has 1 amide bonds. The highest BCUT2D eigenvalue weighted by Crippen LogP contribution is 2.28. The topological polar surface area (TPSA) is 42.0 Å². The van der Waals surface area contributed by atoms with Crippen LogP contribution in [0.25, 0.3) is 17.0 Å². The molecule has 1 N–H and O–H groups in total. The smallest absolute Gasteiger partial charge is 0.280 e. The van der Waals surface area contributed by atoms with Gasteiger partial charge in [-0.05, 0) is 31.2 Å². The van der Waals surface area contributed by atoms with Gasteiger partial charge in [0.2, 0.25) is 0 Å². The van der Waals surface area contributed by atoms with Crippen LogP contribution < -0.4 is 9.91 Å². The van der Waals surface area contributed by atoms with E-state index >= 15 is 0 Å². The maximum absolute atomic E-state index is 13.1. The number of carbonyl (C=O) groups is 1. The average Bonchev–Trinajstić information content (AvgIpc) is 3.45. The molecule has 1 saturated heterocycles. The van der Waals surface area contributed by atoms with Gasteiger partial charge in [0, 0.05) is 30.0 Å². The van der Waals surface area contributed by atoms with E-state index in [4.69, 9.17) is 0 Å². The lowest BCUT2D eigenvalue weighted by molar-refractivity contribution is -0.910. The lowest BCUT2D eigenvalue weighted by atomic mass is 10.1. The molecule has 0 unspecified atom stereocenters. The second kappa shape index (κ2) is 7.33. The van der Waals surface area contributed by atoms with Crippen LogP contribution in [-0.4, -0.2) is 29.3 Å². The zero-order valence-corrected chi connectivity index (χ0v) is 16.6. The molecule has 5 nitrogen and oxygen atoms in total. The number of anilines is 1. The lowest BCUT2D eigenvalue weighted by Gasteiger charge is -2.13. The molecule has 2 aliphatic rings. The predicted octanol–water partition coefficient (Wildman–Crippen LogP) is 3.08. The van der Waals surface area contributed by atoms with Gasteiger partial charge in [-0.25, -0.2) is 0 Å². The first-order chi connectivity index (χ1) is 14.2. The van der Waals surface area contributed by atoms with Crippen molar-refractivity contribution >= 4 is 34.3 Å². The van der Waals surface area contributed by atoms with Crippen LogP contribution in [0, 0.1) is 0 Å². The summed E-state index contributed by atoms with van der Waals surface area (Å²) in [6.07, 6.45) is 6.81. The zero-order chi connectivity index (χ0) is 19.8. The van der Waals surface area contributed by atoms with Crippen LogP contribution in [0.2, 0.25) is 0 Å². The van der Waals surface area contributed by atoms with Gasteiger partial charge >= 0.3 is 0 Å². The van der Waals surface area contributed by atoms with Gasteiger partial charge in [0.25, 0.3) is 5.91 Å². The fourth-order valence-corrected chi connectivity index (χ4v) is 4.38. The van der Waals surface area contributed by atoms with E-state index in [1.165, 1.54) is 41.8 Å². The number of hydrazone groups is 1. The molecule has 29 heavy (non-hydrogen) atoms. The minimum atomic E-state index is -0.0734. The summed E-state index contributed by atoms with van der Waals surface area (Å²) in [7, 11) is 0. The number of nitrogens with one attached hydrogen (secondary N) is 1. The Labute approximate surface area is 170 Å². The van der Waals surface area contributed by atoms with Gasteiger partial charge in [0.15, 0.2) is 6.67 Å². The first kappa shape index (κ1) is 17.9. The first-order valence-electron chi connectivity index (χ1n) is 10.3. The average molecular weight is 385 g/mol. The quantitative estimate of drug-likeness (QED) is 0.689. The van der Waals surface area contributed by atoms with Crippen molar-refractivity contribution in [2.75, 3.05) is 18.1 Å². The summed E-state index contributed by atoms with van der Waals surface area (Å²) >= 11 is 0. The van der Waals surface area contributed by atoms with Gasteiger partial charge in [-0.3, -0.25) is 9.36 Å². The molecule has 0 aliphatic carbocycles. The van der Waals surface area contributed by atoms with Crippen LogP contribution in [0.3, 0.4) is 0 Å². The molecule has 2 aliphatic heterocycles. The summed E-state index contributed by atoms with van der Waals surface area (Å²) in [5.41, 5.74) is 4.50. The summed E-state index contributed by atoms with van der Waals surface area (Å²) in [6, 6.07) is 18.0. The molecular formula is C24H25N4O+. The van der Waals surface area contributed by atoms with Crippen LogP contribution in [0.5, 0.6) is 0 Å². The largest absolute Gasteiger partial charge is 0.318 e. The Balaban J connectivity index is 1.52. The number of nitrogens with zero attached hydrogens (tertiary/aromatic N) is 3. The fourth-order valence-electron chi connectivity index (χ4n) is 4.38. The van der Waals surface area contributed by atoms with E-state index in [0.29, 0.717) is 5.57 Å². The first-order valence-corrected chi connectivity index (χ1v) is 10.3. The number of quaternary nitrogens is 1. The van der Waals surface area contributed by atoms with E-state index < -0.39 is 0 Å². The number of amides is 1. The number of carbonyl (C=O) groups excluding carboxylic acids is 1. The standard InChI is InChI=1S/C24H24N4O/c1-18-22(24(29)28(25-18)20-9-3-2-4-10-20)15-19-16-27(17-26-13-7-8-14-26)23-12-6-5-11-21(19)23/h2-6,9-12,15-16H,7-8,13-14,17H2,1H3/p+1/b22-15+. The van der Waals surface area contributed by atoms with Crippen LogP contribution in [-0.2, 0) is 11.5 Å². The van der Waals surface area contributed by atoms with Gasteiger partial charge in [0.1, 0.15) is 0 Å². The normalized spacial score (nSPS) is 18.9. The van der Waals surface area contributed by atoms with E-state index in [9.17, 15) is 4.79 Å². The Hall–Kier alpha value is -3.18. The van der Waals surface area contributed by atoms with Crippen molar-refractivity contribution in [3.05, 3.63) is 71.9 Å². The highest BCUT2D eigenvalue weighted by Gasteiger charge is 2.29. The Morgan fingerprint density at radius 2 is 1.76 bits per heavy atom. The van der Waals surface area contributed by atoms with Crippen LogP contribution in [0.15, 0.2) is 71.5 Å². The van der Waals surface area contributed by atoms with Crippen molar-refractivity contribution in [2.24, 2.45) is 5.10 Å². The number of rotatable bonds is 4. The third-order valence-corrected chi connectivity index (χ3v) is 5.89. The minimum absolute atomic E-state index is 0.0734. The molecule has 0 spiro atoms. The number of aromatic nitrogens is 1. The second-order valence-corrected chi connectivity index (χ2v) is 7.88. The molecule has 1 aromatic heterocycles. The molecule has 0 bridgehead atoms. The third kappa shape index (κ3) is 3.28. The summed E-state index contributed by atoms with van der Waals surface area (Å²) < 4.78 is 2.34. The Kier molecular flexibility index (Phi) is 4.52. The fraction of sp³-hybridized carbons (Fsp3) is 0.250. The number of para-hydroxylation sites is 2. The molecule has 0 radical (unpaired) electrons. The van der Waals surface area contributed by atoms with E-state index in [-0.39, 0.29) is 5.91 Å². The molecule has 3 aromatic rings. The summed E-state index contributed by atoms with van der Waals surface area (Å²) in [4.78, 5) is 14.7. The van der Waals surface area contributed by atoms with Crippen LogP contribution >= 0.6 is 0 Å². The van der Waals surface area contributed by atoms with Crippen LogP contribution in [0.1, 0.15) is 25.3 Å². The Bertz CT molecular complexity index is 1120. The summed E-state index contributed by atoms with van der Waals surface area (Å²) in [5, 5.41) is 7.18. The van der Waals surface area contributed by atoms with Crippen molar-refractivity contribution in [3.8, 4) is 0 Å². The van der Waals surface area contributed by atoms with Gasteiger partial charge < -0.3 is 4.90 Å². The van der Waals surface area contributed by atoms with Gasteiger partial charge in [-0.15, -0.1) is 0 Å². The SMILES string of the molecule is CC1=NN(c2ccccc2)C(=O)/C1=C/c1cn(C[NH+]2CCCC2)c2ccccc12. The maximum atomic E-state index is 13.1. The molecule has 146 valence electrons. The monoisotopic (exact) mass is 385 g/mol. The van der Waals surface area contributed by atoms with E-state index in [1.54, 1.807) is 4.90 Å². The Morgan fingerprint density at radius 1 is 1.03 bits per heavy atom. The molecule has 3 heterocycles. The van der Waals surface area contributed by atoms with Crippen LogP contribution in [0.4, 0.5) is 5.69 Å². The van der Waals surface area contributed by atoms with E-state index in [2.05, 4.69) is 40.1 Å². The van der Waals surface area contributed by atoms with Crippen molar-refractivity contribution in [3.63, 3.8) is 0 Å². The summed E-state index contributed by atoms with van der Waals surface area (Å²) in [6.45, 7) is 5.35. The predicted molar refractivity (Wildman–Crippen MR) is 117 cm³/mol. The van der Waals surface area contributed by atoms with Gasteiger partial charge in [0.05, 0.1) is 35.6 Å². The second-order valence-electron chi connectivity index (χ2n) is 7.88. The maximum Gasteiger partial charge on any atom is 0.280 e. The molecule has 0 saturated carbocycles. The van der Waals surface area contributed by atoms with E-state index in [1.807, 2.05) is 43.3 Å². The molecular weight excluding hydrogens is 360 g/mol. The molecule has 5 heteroatoms. The number of likely N-dealkylation sites (tertiary alicyclic amines) is 1. The lowest BCUT2D eigenvalue weighted by Crippen LogP contribution is -3.09. The molecule has 5 rings (SSSR count). The molecule has 0 atom stereocenters. The Morgan fingerprint density at radius 3 is 2.55 bits per heavy atom. The number of fused-ring (bicyclic) bond motifs is 1. The zero-order valence-electron chi connectivity index (χ0n) is 16.6. The van der Waals surface area contributed by atoms with Crippen molar-refractivity contribution in [1.82, 2.24) is 4.57 Å². The highest BCUT2D eigenvalue weighted by atomic mass is 16.2. The third-order valence-electron chi connectivity index (χ3n) is 5.89. The van der Waals surface area contributed by atoms with Gasteiger partial charge in [-0.1, -0.05) is 36.4 Å². The highest BCUT2D eigenvalue weighted by molar-refractivity contribution is 6.32. The van der Waals surface area contributed by atoms with Crippen molar-refractivity contribution in [2.45, 2.75) is 26.4 Å². The number of hydrogen-bond donors (Lipinski definition) is 1. The van der Waals surface area contributed by atoms with Crippen molar-refractivity contribution < 1.29 is 9.69 Å². The minimum Gasteiger partial charge on any atom is -0.318 e. The van der Waals surface area contributed by atoms with Crippen molar-refractivity contribution in [1.29, 1.82) is 0 Å². The summed E-state index contributed by atoms with van der Waals surface area (Å²) in [5.74, 6) is -0.0734. The van der Waals surface area contributed by atoms with Gasteiger partial charge in [-0.2, -0.15) is 10.1 Å². The molecule has 1 fully saturated rings. The molecule has 2 aromatic carbocycles. The number of benzene rings is 2. The number of hydrogen-bond acceptors (Lipinski definition) is 2.